The van der Waals surface area contributed by atoms with Gasteiger partial charge in [0.25, 0.3) is 0 Å². The van der Waals surface area contributed by atoms with Crippen LogP contribution in [0.3, 0.4) is 0 Å². The van der Waals surface area contributed by atoms with Gasteiger partial charge in [-0.15, -0.1) is 11.3 Å². The van der Waals surface area contributed by atoms with E-state index in [1.54, 1.807) is 4.52 Å². The van der Waals surface area contributed by atoms with Crippen LogP contribution in [0.15, 0.2) is 11.7 Å². The second kappa shape index (κ2) is 2.56. The first-order valence-electron chi connectivity index (χ1n) is 3.32. The molecule has 0 radical (unpaired) electrons. The third-order valence-corrected chi connectivity index (χ3v) is 2.32. The molecule has 1 amide bonds. The normalized spacial score (nSPS) is 10.7. The van der Waals surface area contributed by atoms with Gasteiger partial charge in [-0.2, -0.15) is 5.10 Å². The molecule has 2 aromatic rings. The van der Waals surface area contributed by atoms with Gasteiger partial charge in [0.2, 0.25) is 10.9 Å². The Morgan fingerprint density at radius 1 is 1.75 bits per heavy atom. The van der Waals surface area contributed by atoms with Crippen LogP contribution in [0, 0.1) is 0 Å². The highest BCUT2D eigenvalue weighted by molar-refractivity contribution is 7.15. The molecule has 2 rings (SSSR count). The summed E-state index contributed by atoms with van der Waals surface area (Å²) in [6, 6.07) is 0. The van der Waals surface area contributed by atoms with E-state index in [1.165, 1.54) is 17.7 Å². The predicted molar refractivity (Wildman–Crippen MR) is 43.8 cm³/mol. The first kappa shape index (κ1) is 7.23. The van der Waals surface area contributed by atoms with Crippen molar-refractivity contribution in [1.29, 1.82) is 0 Å². The number of rotatable bonds is 2. The fourth-order valence-corrected chi connectivity index (χ4v) is 1.77. The van der Waals surface area contributed by atoms with Crippen LogP contribution in [0.1, 0.15) is 5.69 Å². The maximum Gasteiger partial charge on any atom is 0.223 e. The first-order valence-corrected chi connectivity index (χ1v) is 4.20. The maximum absolute atomic E-state index is 10.6. The van der Waals surface area contributed by atoms with Gasteiger partial charge in [-0.05, 0) is 0 Å². The average molecular weight is 182 g/mol. The summed E-state index contributed by atoms with van der Waals surface area (Å²) in [7, 11) is 0. The topological polar surface area (TPSA) is 73.3 Å². The number of nitrogens with two attached hydrogens (primary N) is 1. The van der Waals surface area contributed by atoms with Crippen LogP contribution in [0.2, 0.25) is 0 Å². The van der Waals surface area contributed by atoms with Crippen molar-refractivity contribution < 1.29 is 4.79 Å². The van der Waals surface area contributed by atoms with E-state index in [-0.39, 0.29) is 12.3 Å². The highest BCUT2D eigenvalue weighted by Gasteiger charge is 2.06. The van der Waals surface area contributed by atoms with Gasteiger partial charge < -0.3 is 5.73 Å². The van der Waals surface area contributed by atoms with E-state index in [4.69, 9.17) is 5.73 Å². The molecular weight excluding hydrogens is 176 g/mol. The lowest BCUT2D eigenvalue weighted by Crippen LogP contribution is -2.14. The van der Waals surface area contributed by atoms with Gasteiger partial charge in [-0.25, -0.2) is 9.50 Å². The maximum atomic E-state index is 10.6. The molecule has 6 heteroatoms. The van der Waals surface area contributed by atoms with E-state index < -0.39 is 0 Å². The minimum absolute atomic E-state index is 0.212. The van der Waals surface area contributed by atoms with Crippen molar-refractivity contribution in [1.82, 2.24) is 14.6 Å². The molecule has 0 fully saturated rings. The third kappa shape index (κ3) is 1.06. The summed E-state index contributed by atoms with van der Waals surface area (Å²) >= 11 is 1.44. The van der Waals surface area contributed by atoms with Crippen LogP contribution in [0.25, 0.3) is 4.96 Å². The number of carbonyl (C=O) groups excluding carboxylic acids is 1. The van der Waals surface area contributed by atoms with Crippen LogP contribution in [0.5, 0.6) is 0 Å². The van der Waals surface area contributed by atoms with Crippen molar-refractivity contribution in [2.75, 3.05) is 0 Å². The molecule has 12 heavy (non-hydrogen) atoms. The minimum Gasteiger partial charge on any atom is -0.369 e. The van der Waals surface area contributed by atoms with E-state index in [0.29, 0.717) is 0 Å². The van der Waals surface area contributed by atoms with Crippen LogP contribution >= 0.6 is 11.3 Å². The molecule has 0 saturated carbocycles. The molecule has 62 valence electrons. The number of thiazole rings is 1. The molecule has 0 aliphatic heterocycles. The van der Waals surface area contributed by atoms with Gasteiger partial charge in [0.05, 0.1) is 12.1 Å². The summed E-state index contributed by atoms with van der Waals surface area (Å²) in [5, 5.41) is 5.77. The second-order valence-electron chi connectivity index (χ2n) is 2.32. The lowest BCUT2D eigenvalue weighted by molar-refractivity contribution is -0.117. The molecule has 0 bridgehead atoms. The number of fused-ring (bicyclic) bond motifs is 1. The third-order valence-electron chi connectivity index (χ3n) is 1.44. The molecule has 0 spiro atoms. The largest absolute Gasteiger partial charge is 0.369 e. The van der Waals surface area contributed by atoms with Crippen LogP contribution in [0.4, 0.5) is 0 Å². The summed E-state index contributed by atoms with van der Waals surface area (Å²) in [5.41, 5.74) is 5.84. The molecular formula is C6H6N4OS. The van der Waals surface area contributed by atoms with Crippen LogP contribution < -0.4 is 5.73 Å². The highest BCUT2D eigenvalue weighted by Crippen LogP contribution is 2.12. The van der Waals surface area contributed by atoms with Gasteiger partial charge in [0.15, 0.2) is 0 Å². The van der Waals surface area contributed by atoms with E-state index in [2.05, 4.69) is 10.1 Å². The molecule has 2 N–H and O–H groups in total. The number of carbonyl (C=O) groups is 1. The quantitative estimate of drug-likeness (QED) is 0.700. The van der Waals surface area contributed by atoms with E-state index >= 15 is 0 Å². The number of hydrogen-bond donors (Lipinski definition) is 1. The fraction of sp³-hybridized carbons (Fsp3) is 0.167. The van der Waals surface area contributed by atoms with Gasteiger partial charge in [-0.3, -0.25) is 4.79 Å². The zero-order chi connectivity index (χ0) is 8.55. The Morgan fingerprint density at radius 3 is 3.33 bits per heavy atom. The van der Waals surface area contributed by atoms with Gasteiger partial charge >= 0.3 is 0 Å². The van der Waals surface area contributed by atoms with E-state index in [9.17, 15) is 4.79 Å². The van der Waals surface area contributed by atoms with E-state index in [0.717, 1.165) is 10.7 Å². The molecule has 0 aliphatic rings. The SMILES string of the molecule is NC(=O)Cc1csc2ncnn12. The molecule has 2 aromatic heterocycles. The fourth-order valence-electron chi connectivity index (χ4n) is 0.974. The van der Waals surface area contributed by atoms with Crippen molar-refractivity contribution >= 4 is 22.2 Å². The summed E-state index contributed by atoms with van der Waals surface area (Å²) < 4.78 is 1.62. The van der Waals surface area contributed by atoms with Crippen LogP contribution in [-0.2, 0) is 11.2 Å². The monoisotopic (exact) mass is 182 g/mol. The molecule has 0 aromatic carbocycles. The molecule has 0 aliphatic carbocycles. The smallest absolute Gasteiger partial charge is 0.223 e. The number of primary amides is 1. The molecule has 0 unspecified atom stereocenters. The standard InChI is InChI=1S/C6H6N4OS/c7-5(11)1-4-2-12-6-8-3-9-10(4)6/h2-3H,1H2,(H2,7,11). The summed E-state index contributed by atoms with van der Waals surface area (Å²) in [6.45, 7) is 0. The Bertz CT molecular complexity index is 418. The minimum atomic E-state index is -0.356. The Labute approximate surface area is 71.8 Å². The van der Waals surface area contributed by atoms with Gasteiger partial charge in [0.1, 0.15) is 6.33 Å². The second-order valence-corrected chi connectivity index (χ2v) is 3.16. The zero-order valence-corrected chi connectivity index (χ0v) is 6.91. The lowest BCUT2D eigenvalue weighted by atomic mass is 10.3. The zero-order valence-electron chi connectivity index (χ0n) is 6.10. The van der Waals surface area contributed by atoms with Crippen molar-refractivity contribution in [2.45, 2.75) is 6.42 Å². The predicted octanol–water partition coefficient (Wildman–Crippen LogP) is -0.181. The summed E-state index contributed by atoms with van der Waals surface area (Å²) in [6.07, 6.45) is 1.67. The average Bonchev–Trinajstić information content (AvgIpc) is 2.52. The Kier molecular flexibility index (Phi) is 1.54. The molecule has 0 saturated heterocycles. The molecule has 2 heterocycles. The van der Waals surface area contributed by atoms with E-state index in [1.807, 2.05) is 5.38 Å². The van der Waals surface area contributed by atoms with Crippen molar-refractivity contribution in [3.05, 3.63) is 17.4 Å². The Hall–Kier alpha value is -1.43. The molecule has 0 atom stereocenters. The number of amides is 1. The van der Waals surface area contributed by atoms with Crippen LogP contribution in [-0.4, -0.2) is 20.5 Å². The summed E-state index contributed by atoms with van der Waals surface area (Å²) in [5.74, 6) is -0.356. The number of hydrogen-bond acceptors (Lipinski definition) is 4. The lowest BCUT2D eigenvalue weighted by Gasteiger charge is -1.91. The first-order chi connectivity index (χ1) is 5.77. The summed E-state index contributed by atoms with van der Waals surface area (Å²) in [4.78, 5) is 15.3. The van der Waals surface area contributed by atoms with Gasteiger partial charge in [0, 0.05) is 5.38 Å². The number of aromatic nitrogens is 3. The van der Waals surface area contributed by atoms with Crippen molar-refractivity contribution in [2.24, 2.45) is 5.73 Å². The highest BCUT2D eigenvalue weighted by atomic mass is 32.1. The van der Waals surface area contributed by atoms with Crippen molar-refractivity contribution in [3.63, 3.8) is 0 Å². The molecule has 5 nitrogen and oxygen atoms in total. The Balaban J connectivity index is 2.47. The number of nitrogens with zero attached hydrogens (tertiary/aromatic N) is 3. The van der Waals surface area contributed by atoms with Crippen molar-refractivity contribution in [3.8, 4) is 0 Å². The Morgan fingerprint density at radius 2 is 2.58 bits per heavy atom. The van der Waals surface area contributed by atoms with Gasteiger partial charge in [-0.1, -0.05) is 0 Å².